The van der Waals surface area contributed by atoms with Crippen LogP contribution < -0.4 is 14.8 Å². The van der Waals surface area contributed by atoms with Crippen LogP contribution in [0.1, 0.15) is 5.56 Å². The number of carbonyl (C=O) groups is 1. The monoisotopic (exact) mass is 373 g/mol. The summed E-state index contributed by atoms with van der Waals surface area (Å²) in [5, 5.41) is 3.49. The number of amides is 1. The van der Waals surface area contributed by atoms with Crippen LogP contribution in [0.5, 0.6) is 11.5 Å². The lowest BCUT2D eigenvalue weighted by atomic mass is 10.2. The van der Waals surface area contributed by atoms with Crippen LogP contribution in [-0.2, 0) is 4.79 Å². The fourth-order valence-corrected chi connectivity index (χ4v) is 2.79. The van der Waals surface area contributed by atoms with E-state index in [4.69, 9.17) is 44.3 Å². The van der Waals surface area contributed by atoms with E-state index in [1.165, 1.54) is 19.2 Å². The van der Waals surface area contributed by atoms with Gasteiger partial charge in [0.1, 0.15) is 0 Å². The van der Waals surface area contributed by atoms with E-state index in [-0.39, 0.29) is 16.7 Å². The molecule has 0 saturated heterocycles. The quantitative estimate of drug-likeness (QED) is 0.803. The van der Waals surface area contributed by atoms with Crippen molar-refractivity contribution in [2.75, 3.05) is 19.0 Å². The van der Waals surface area contributed by atoms with Crippen molar-refractivity contribution >= 4 is 46.4 Å². The Bertz CT molecular complexity index is 712. The number of hydrogen-bond acceptors (Lipinski definition) is 3. The van der Waals surface area contributed by atoms with Gasteiger partial charge in [-0.2, -0.15) is 0 Å². The van der Waals surface area contributed by atoms with E-state index < -0.39 is 5.91 Å². The predicted octanol–water partition coefficient (Wildman–Crippen LogP) is 4.98. The Balaban J connectivity index is 2.04. The molecule has 0 spiro atoms. The van der Waals surface area contributed by atoms with Gasteiger partial charge in [-0.05, 0) is 36.8 Å². The molecule has 0 saturated carbocycles. The third-order valence-corrected chi connectivity index (χ3v) is 3.76. The Morgan fingerprint density at radius 1 is 1.09 bits per heavy atom. The number of benzene rings is 2. The molecular formula is C16H14Cl3NO3. The second-order valence-corrected chi connectivity index (χ2v) is 5.99. The largest absolute Gasteiger partial charge is 0.493 e. The van der Waals surface area contributed by atoms with Gasteiger partial charge in [-0.25, -0.2) is 0 Å². The SMILES string of the molecule is COc1cc(C)ccc1OCC(=O)Nc1c(Cl)cc(Cl)cc1Cl. The molecule has 23 heavy (non-hydrogen) atoms. The lowest BCUT2D eigenvalue weighted by Crippen LogP contribution is -2.20. The summed E-state index contributed by atoms with van der Waals surface area (Å²) in [6.07, 6.45) is 0. The van der Waals surface area contributed by atoms with Crippen LogP contribution in [0.15, 0.2) is 30.3 Å². The molecule has 0 fully saturated rings. The van der Waals surface area contributed by atoms with Crippen LogP contribution in [0.25, 0.3) is 0 Å². The van der Waals surface area contributed by atoms with Gasteiger partial charge in [0.05, 0.1) is 22.8 Å². The Labute approximate surface area is 149 Å². The Hall–Kier alpha value is -1.62. The molecule has 0 atom stereocenters. The minimum atomic E-state index is -0.404. The number of anilines is 1. The van der Waals surface area contributed by atoms with Gasteiger partial charge in [-0.1, -0.05) is 40.9 Å². The van der Waals surface area contributed by atoms with Gasteiger partial charge in [0, 0.05) is 5.02 Å². The molecule has 0 unspecified atom stereocenters. The molecule has 7 heteroatoms. The molecule has 0 radical (unpaired) electrons. The van der Waals surface area contributed by atoms with E-state index in [1.54, 1.807) is 6.07 Å². The summed E-state index contributed by atoms with van der Waals surface area (Å²) < 4.78 is 10.7. The van der Waals surface area contributed by atoms with Crippen LogP contribution in [-0.4, -0.2) is 19.6 Å². The standard InChI is InChI=1S/C16H14Cl3NO3/c1-9-3-4-13(14(5-9)22-2)23-8-15(21)20-16-11(18)6-10(17)7-12(16)19/h3-7H,8H2,1-2H3,(H,20,21). The summed E-state index contributed by atoms with van der Waals surface area (Å²) in [5.41, 5.74) is 1.32. The normalized spacial score (nSPS) is 10.3. The molecule has 122 valence electrons. The maximum Gasteiger partial charge on any atom is 0.262 e. The van der Waals surface area contributed by atoms with E-state index in [0.717, 1.165) is 5.56 Å². The van der Waals surface area contributed by atoms with Gasteiger partial charge < -0.3 is 14.8 Å². The van der Waals surface area contributed by atoms with E-state index in [0.29, 0.717) is 22.2 Å². The van der Waals surface area contributed by atoms with Crippen molar-refractivity contribution in [1.82, 2.24) is 0 Å². The van der Waals surface area contributed by atoms with Gasteiger partial charge in [-0.15, -0.1) is 0 Å². The maximum absolute atomic E-state index is 12.0. The fraction of sp³-hybridized carbons (Fsp3) is 0.188. The molecule has 2 rings (SSSR count). The predicted molar refractivity (Wildman–Crippen MR) is 93.3 cm³/mol. The second kappa shape index (κ2) is 7.77. The Kier molecular flexibility index (Phi) is 5.99. The third kappa shape index (κ3) is 4.67. The van der Waals surface area contributed by atoms with Crippen molar-refractivity contribution in [2.24, 2.45) is 0 Å². The molecule has 1 amide bonds. The van der Waals surface area contributed by atoms with E-state index in [2.05, 4.69) is 5.32 Å². The second-order valence-electron chi connectivity index (χ2n) is 4.74. The first-order valence-electron chi connectivity index (χ1n) is 6.62. The minimum Gasteiger partial charge on any atom is -0.493 e. The molecule has 0 aliphatic rings. The van der Waals surface area contributed by atoms with Crippen LogP contribution in [0.2, 0.25) is 15.1 Å². The first-order valence-corrected chi connectivity index (χ1v) is 7.76. The van der Waals surface area contributed by atoms with Gasteiger partial charge in [-0.3, -0.25) is 4.79 Å². The molecule has 4 nitrogen and oxygen atoms in total. The molecule has 0 aromatic heterocycles. The van der Waals surface area contributed by atoms with Crippen molar-refractivity contribution < 1.29 is 14.3 Å². The molecule has 2 aromatic carbocycles. The van der Waals surface area contributed by atoms with Gasteiger partial charge >= 0.3 is 0 Å². The number of nitrogens with one attached hydrogen (secondary N) is 1. The molecular weight excluding hydrogens is 361 g/mol. The highest BCUT2D eigenvalue weighted by Crippen LogP contribution is 2.33. The van der Waals surface area contributed by atoms with E-state index >= 15 is 0 Å². The first kappa shape index (κ1) is 17.7. The lowest BCUT2D eigenvalue weighted by molar-refractivity contribution is -0.118. The summed E-state index contributed by atoms with van der Waals surface area (Å²) in [5.74, 6) is 0.626. The highest BCUT2D eigenvalue weighted by atomic mass is 35.5. The molecule has 0 aliphatic heterocycles. The average molecular weight is 375 g/mol. The number of aryl methyl sites for hydroxylation is 1. The molecule has 2 aromatic rings. The Morgan fingerprint density at radius 2 is 1.74 bits per heavy atom. The number of halogens is 3. The zero-order valence-corrected chi connectivity index (χ0v) is 14.7. The van der Waals surface area contributed by atoms with Crippen molar-refractivity contribution in [3.05, 3.63) is 51.0 Å². The van der Waals surface area contributed by atoms with Crippen LogP contribution >= 0.6 is 34.8 Å². The summed E-state index contributed by atoms with van der Waals surface area (Å²) >= 11 is 17.9. The average Bonchev–Trinajstić information content (AvgIpc) is 2.49. The van der Waals surface area contributed by atoms with Crippen LogP contribution in [0, 0.1) is 6.92 Å². The highest BCUT2D eigenvalue weighted by molar-refractivity contribution is 6.42. The fourth-order valence-electron chi connectivity index (χ4n) is 1.87. The molecule has 1 N–H and O–H groups in total. The summed E-state index contributed by atoms with van der Waals surface area (Å²) in [4.78, 5) is 12.0. The van der Waals surface area contributed by atoms with Crippen LogP contribution in [0.4, 0.5) is 5.69 Å². The van der Waals surface area contributed by atoms with E-state index in [1.807, 2.05) is 19.1 Å². The lowest BCUT2D eigenvalue weighted by Gasteiger charge is -2.13. The molecule has 0 aliphatic carbocycles. The maximum atomic E-state index is 12.0. The zero-order valence-electron chi connectivity index (χ0n) is 12.5. The third-order valence-electron chi connectivity index (χ3n) is 2.95. The van der Waals surface area contributed by atoms with Gasteiger partial charge in [0.2, 0.25) is 0 Å². The molecule has 0 bridgehead atoms. The van der Waals surface area contributed by atoms with Crippen molar-refractivity contribution in [1.29, 1.82) is 0 Å². The van der Waals surface area contributed by atoms with Gasteiger partial charge in [0.25, 0.3) is 5.91 Å². The highest BCUT2D eigenvalue weighted by Gasteiger charge is 2.13. The minimum absolute atomic E-state index is 0.214. The molecule has 0 heterocycles. The number of ether oxygens (including phenoxy) is 2. The Morgan fingerprint density at radius 3 is 2.35 bits per heavy atom. The number of methoxy groups -OCH3 is 1. The van der Waals surface area contributed by atoms with E-state index in [9.17, 15) is 4.79 Å². The smallest absolute Gasteiger partial charge is 0.262 e. The van der Waals surface area contributed by atoms with Crippen molar-refractivity contribution in [3.63, 3.8) is 0 Å². The zero-order chi connectivity index (χ0) is 17.0. The topological polar surface area (TPSA) is 47.6 Å². The van der Waals surface area contributed by atoms with Crippen LogP contribution in [0.3, 0.4) is 0 Å². The number of rotatable bonds is 5. The van der Waals surface area contributed by atoms with Crippen molar-refractivity contribution in [2.45, 2.75) is 6.92 Å². The summed E-state index contributed by atoms with van der Waals surface area (Å²) in [7, 11) is 1.54. The summed E-state index contributed by atoms with van der Waals surface area (Å²) in [6, 6.07) is 8.41. The number of carbonyl (C=O) groups excluding carboxylic acids is 1. The summed E-state index contributed by atoms with van der Waals surface area (Å²) in [6.45, 7) is 1.72. The van der Waals surface area contributed by atoms with Gasteiger partial charge in [0.15, 0.2) is 18.1 Å². The number of hydrogen-bond donors (Lipinski definition) is 1. The first-order chi connectivity index (χ1) is 10.9. The van der Waals surface area contributed by atoms with Crippen molar-refractivity contribution in [3.8, 4) is 11.5 Å².